The molecule has 7 nitrogen and oxygen atoms in total. The number of nitrogens with zero attached hydrogens (tertiary/aromatic N) is 1. The number of carbonyl (C=O) groups is 2. The predicted octanol–water partition coefficient (Wildman–Crippen LogP) is 5.58. The van der Waals surface area contributed by atoms with Crippen molar-refractivity contribution >= 4 is 40.7 Å². The molecule has 34 heavy (non-hydrogen) atoms. The van der Waals surface area contributed by atoms with Crippen molar-refractivity contribution in [3.63, 3.8) is 0 Å². The Bertz CT molecular complexity index is 1220. The van der Waals surface area contributed by atoms with E-state index in [1.54, 1.807) is 41.7 Å². The van der Waals surface area contributed by atoms with Crippen molar-refractivity contribution in [1.82, 2.24) is 4.98 Å². The van der Waals surface area contributed by atoms with Crippen LogP contribution in [0.3, 0.4) is 0 Å². The van der Waals surface area contributed by atoms with E-state index >= 15 is 0 Å². The number of rotatable bonds is 7. The first kappa shape index (κ1) is 22.7. The van der Waals surface area contributed by atoms with E-state index in [2.05, 4.69) is 10.3 Å². The van der Waals surface area contributed by atoms with Crippen molar-refractivity contribution < 1.29 is 23.8 Å². The fourth-order valence-corrected chi connectivity index (χ4v) is 5.73. The number of hydrogen-bond donors (Lipinski definition) is 1. The molecule has 2 aliphatic rings. The van der Waals surface area contributed by atoms with Gasteiger partial charge in [-0.1, -0.05) is 12.1 Å². The normalized spacial score (nSPS) is 15.4. The summed E-state index contributed by atoms with van der Waals surface area (Å²) in [5.41, 5.74) is 1.96. The maximum Gasteiger partial charge on any atom is 0.339 e. The number of carbonyl (C=O) groups excluding carboxylic acids is 2. The summed E-state index contributed by atoms with van der Waals surface area (Å²) in [6.45, 7) is 1.58. The molecule has 1 N–H and O–H groups in total. The van der Waals surface area contributed by atoms with Gasteiger partial charge < -0.3 is 19.5 Å². The van der Waals surface area contributed by atoms with Crippen molar-refractivity contribution in [3.05, 3.63) is 64.1 Å². The summed E-state index contributed by atoms with van der Waals surface area (Å²) in [6.07, 6.45) is 3.88. The molecule has 9 heteroatoms. The number of aromatic nitrogens is 1. The lowest BCUT2D eigenvalue weighted by Crippen LogP contribution is -2.34. The number of hydrogen-bond acceptors (Lipinski definition) is 8. The molecular formula is C25H24N2O5S2. The summed E-state index contributed by atoms with van der Waals surface area (Å²) in [5.74, 6) is 0.448. The Labute approximate surface area is 205 Å². The molecule has 0 atom stereocenters. The lowest BCUT2D eigenvalue weighted by Gasteiger charge is -2.21. The summed E-state index contributed by atoms with van der Waals surface area (Å²) in [4.78, 5) is 30.3. The van der Waals surface area contributed by atoms with Crippen LogP contribution in [0, 0.1) is 6.92 Å². The number of thioether (sulfide) groups is 1. The Hall–Kier alpha value is -3.04. The molecule has 2 aromatic carbocycles. The molecule has 1 saturated carbocycles. The Morgan fingerprint density at radius 2 is 1.94 bits per heavy atom. The monoisotopic (exact) mass is 496 g/mol. The molecule has 1 amide bonds. The molecule has 0 saturated heterocycles. The van der Waals surface area contributed by atoms with Gasteiger partial charge in [-0.25, -0.2) is 9.78 Å². The lowest BCUT2D eigenvalue weighted by molar-refractivity contribution is -0.119. The highest BCUT2D eigenvalue weighted by Gasteiger charge is 2.44. The second kappa shape index (κ2) is 9.68. The minimum absolute atomic E-state index is 0.387. The Balaban J connectivity index is 1.15. The van der Waals surface area contributed by atoms with E-state index in [9.17, 15) is 9.59 Å². The first-order valence-corrected chi connectivity index (χ1v) is 13.0. The maximum atomic E-state index is 12.7. The van der Waals surface area contributed by atoms with Crippen molar-refractivity contribution in [1.29, 1.82) is 0 Å². The number of nitrogens with one attached hydrogen (secondary N) is 1. The molecule has 3 aromatic rings. The molecule has 1 spiro atoms. The predicted molar refractivity (Wildman–Crippen MR) is 131 cm³/mol. The minimum Gasteiger partial charge on any atom is -0.452 e. The fraction of sp³-hybridized carbons (Fsp3) is 0.320. The van der Waals surface area contributed by atoms with Gasteiger partial charge in [0.1, 0.15) is 0 Å². The molecule has 1 fully saturated rings. The molecule has 1 aliphatic carbocycles. The number of thiazole rings is 1. The lowest BCUT2D eigenvalue weighted by atomic mass is 10.2. The second-order valence-electron chi connectivity index (χ2n) is 8.25. The third-order valence-corrected chi connectivity index (χ3v) is 7.60. The molecule has 0 radical (unpaired) electrons. The van der Waals surface area contributed by atoms with Crippen LogP contribution in [0.1, 0.15) is 46.7 Å². The van der Waals surface area contributed by atoms with E-state index in [1.165, 1.54) is 11.8 Å². The van der Waals surface area contributed by atoms with Gasteiger partial charge in [0, 0.05) is 40.6 Å². The van der Waals surface area contributed by atoms with Gasteiger partial charge in [-0.2, -0.15) is 0 Å². The number of benzene rings is 2. The zero-order valence-electron chi connectivity index (χ0n) is 18.7. The van der Waals surface area contributed by atoms with Gasteiger partial charge in [-0.15, -0.1) is 23.1 Å². The minimum atomic E-state index is -0.551. The number of fused-ring (bicyclic) bond motifs is 1. The SMILES string of the molecule is Cc1nc(CSc2ccccc2C(=O)OCC(=O)Nc2ccc3c(c2)OC2(CCCC2)O3)cs1. The van der Waals surface area contributed by atoms with Gasteiger partial charge in [0.2, 0.25) is 0 Å². The van der Waals surface area contributed by atoms with Gasteiger partial charge in [0.05, 0.1) is 16.3 Å². The molecular weight excluding hydrogens is 472 g/mol. The van der Waals surface area contributed by atoms with E-state index < -0.39 is 17.7 Å². The molecule has 5 rings (SSSR count). The second-order valence-corrected chi connectivity index (χ2v) is 10.3. The molecule has 0 bridgehead atoms. The average molecular weight is 497 g/mol. The van der Waals surface area contributed by atoms with Crippen LogP contribution < -0.4 is 14.8 Å². The van der Waals surface area contributed by atoms with Crippen molar-refractivity contribution in [2.75, 3.05) is 11.9 Å². The van der Waals surface area contributed by atoms with Crippen LogP contribution in [0.4, 0.5) is 5.69 Å². The Morgan fingerprint density at radius 1 is 1.15 bits per heavy atom. The number of anilines is 1. The van der Waals surface area contributed by atoms with Gasteiger partial charge in [-0.3, -0.25) is 4.79 Å². The fourth-order valence-electron chi connectivity index (χ4n) is 4.08. The zero-order chi connectivity index (χ0) is 23.5. The van der Waals surface area contributed by atoms with E-state index in [1.807, 2.05) is 24.4 Å². The number of esters is 1. The number of ether oxygens (including phenoxy) is 3. The quantitative estimate of drug-likeness (QED) is 0.337. The standard InChI is InChI=1S/C25H24N2O5S2/c1-16-26-18(14-33-16)15-34-22-7-3-2-6-19(22)24(29)30-13-23(28)27-17-8-9-20-21(12-17)32-25(31-20)10-4-5-11-25/h2-3,6-9,12,14H,4-5,10-11,13,15H2,1H3,(H,27,28). The summed E-state index contributed by atoms with van der Waals surface area (Å²) >= 11 is 3.11. The van der Waals surface area contributed by atoms with Crippen LogP contribution in [0.2, 0.25) is 0 Å². The Morgan fingerprint density at radius 3 is 2.74 bits per heavy atom. The van der Waals surface area contributed by atoms with Crippen LogP contribution in [0.25, 0.3) is 0 Å². The summed E-state index contributed by atoms with van der Waals surface area (Å²) in [5, 5.41) is 5.78. The van der Waals surface area contributed by atoms with Crippen LogP contribution in [-0.2, 0) is 15.3 Å². The highest BCUT2D eigenvalue weighted by Crippen LogP contribution is 2.47. The average Bonchev–Trinajstić information content (AvgIpc) is 3.56. The van der Waals surface area contributed by atoms with Crippen LogP contribution in [0.5, 0.6) is 11.5 Å². The van der Waals surface area contributed by atoms with Crippen molar-refractivity contribution in [3.8, 4) is 11.5 Å². The molecule has 0 unspecified atom stereocenters. The van der Waals surface area contributed by atoms with Gasteiger partial charge in [0.15, 0.2) is 18.1 Å². The number of amides is 1. The molecule has 1 aliphatic heterocycles. The van der Waals surface area contributed by atoms with E-state index in [0.29, 0.717) is 28.5 Å². The summed E-state index contributed by atoms with van der Waals surface area (Å²) in [6, 6.07) is 12.5. The zero-order valence-corrected chi connectivity index (χ0v) is 20.3. The molecule has 1 aromatic heterocycles. The third kappa shape index (κ3) is 5.05. The largest absolute Gasteiger partial charge is 0.452 e. The number of aryl methyl sites for hydroxylation is 1. The summed E-state index contributed by atoms with van der Waals surface area (Å²) < 4.78 is 17.3. The van der Waals surface area contributed by atoms with Crippen LogP contribution >= 0.6 is 23.1 Å². The summed E-state index contributed by atoms with van der Waals surface area (Å²) in [7, 11) is 0. The van der Waals surface area contributed by atoms with Gasteiger partial charge >= 0.3 is 5.97 Å². The molecule has 176 valence electrons. The van der Waals surface area contributed by atoms with E-state index in [-0.39, 0.29) is 6.61 Å². The Kier molecular flexibility index (Phi) is 6.47. The highest BCUT2D eigenvalue weighted by atomic mass is 32.2. The topological polar surface area (TPSA) is 86.8 Å². The molecule has 2 heterocycles. The van der Waals surface area contributed by atoms with Crippen molar-refractivity contribution in [2.24, 2.45) is 0 Å². The van der Waals surface area contributed by atoms with Gasteiger partial charge in [-0.05, 0) is 44.0 Å². The van der Waals surface area contributed by atoms with Crippen LogP contribution in [-0.4, -0.2) is 29.3 Å². The third-order valence-electron chi connectivity index (χ3n) is 5.67. The van der Waals surface area contributed by atoms with Crippen molar-refractivity contribution in [2.45, 2.75) is 49.0 Å². The first-order chi connectivity index (χ1) is 16.5. The van der Waals surface area contributed by atoms with E-state index in [0.717, 1.165) is 41.3 Å². The van der Waals surface area contributed by atoms with Gasteiger partial charge in [0.25, 0.3) is 11.7 Å². The smallest absolute Gasteiger partial charge is 0.339 e. The van der Waals surface area contributed by atoms with Crippen LogP contribution in [0.15, 0.2) is 52.7 Å². The van der Waals surface area contributed by atoms with E-state index in [4.69, 9.17) is 14.2 Å². The maximum absolute atomic E-state index is 12.7. The highest BCUT2D eigenvalue weighted by molar-refractivity contribution is 7.98. The first-order valence-electron chi connectivity index (χ1n) is 11.1.